The number of esters is 1. The van der Waals surface area contributed by atoms with Gasteiger partial charge in [-0.1, -0.05) is 30.3 Å². The van der Waals surface area contributed by atoms with Gasteiger partial charge in [0.25, 0.3) is 0 Å². The van der Waals surface area contributed by atoms with Gasteiger partial charge in [0.15, 0.2) is 5.78 Å². The highest BCUT2D eigenvalue weighted by atomic mass is 16.5. The highest BCUT2D eigenvalue weighted by Crippen LogP contribution is 2.43. The number of benzene rings is 2. The third-order valence-electron chi connectivity index (χ3n) is 5.08. The number of hydrogen-bond acceptors (Lipinski definition) is 5. The highest BCUT2D eigenvalue weighted by molar-refractivity contribution is 6.10. The fourth-order valence-corrected chi connectivity index (χ4v) is 3.76. The maximum Gasteiger partial charge on any atom is 0.317 e. The summed E-state index contributed by atoms with van der Waals surface area (Å²) < 4.78 is 16.2. The predicted octanol–water partition coefficient (Wildman–Crippen LogP) is 4.41. The molecule has 0 aliphatic heterocycles. The average Bonchev–Trinajstić information content (AvgIpc) is 2.74. The number of methoxy groups -OCH3 is 1. The van der Waals surface area contributed by atoms with Crippen molar-refractivity contribution >= 4 is 17.3 Å². The summed E-state index contributed by atoms with van der Waals surface area (Å²) in [5, 5.41) is 0. The first kappa shape index (κ1) is 20.6. The molecule has 152 valence electrons. The van der Waals surface area contributed by atoms with Gasteiger partial charge in [0.2, 0.25) is 0 Å². The molecule has 0 spiro atoms. The van der Waals surface area contributed by atoms with Gasteiger partial charge >= 0.3 is 5.97 Å². The molecule has 5 heteroatoms. The number of para-hydroxylation sites is 1. The van der Waals surface area contributed by atoms with Crippen molar-refractivity contribution in [3.05, 3.63) is 65.7 Å². The SMILES string of the molecule is CCOC(=O)[C@@H]1C(=O)C=C(c2ccc(OC)cc2)C[C@@H]1c1ccccc1OCC. The molecule has 2 atom stereocenters. The van der Waals surface area contributed by atoms with Crippen LogP contribution in [0.2, 0.25) is 0 Å². The first-order valence-electron chi connectivity index (χ1n) is 9.86. The number of allylic oxidation sites excluding steroid dienone is 2. The zero-order valence-corrected chi connectivity index (χ0v) is 17.0. The summed E-state index contributed by atoms with van der Waals surface area (Å²) >= 11 is 0. The minimum atomic E-state index is -0.876. The van der Waals surface area contributed by atoms with E-state index in [0.29, 0.717) is 18.8 Å². The Morgan fingerprint density at radius 1 is 1.03 bits per heavy atom. The van der Waals surface area contributed by atoms with Crippen LogP contribution in [0.4, 0.5) is 0 Å². The van der Waals surface area contributed by atoms with Crippen LogP contribution in [0, 0.1) is 5.92 Å². The number of carbonyl (C=O) groups is 2. The Balaban J connectivity index is 2.04. The predicted molar refractivity (Wildman–Crippen MR) is 111 cm³/mol. The molecular weight excluding hydrogens is 368 g/mol. The fourth-order valence-electron chi connectivity index (χ4n) is 3.76. The second-order valence-electron chi connectivity index (χ2n) is 6.81. The molecule has 0 amide bonds. The zero-order chi connectivity index (χ0) is 20.8. The third-order valence-corrected chi connectivity index (χ3v) is 5.08. The standard InChI is InChI=1S/C24H26O5/c1-4-28-22-9-7-6-8-19(22)20-14-17(16-10-12-18(27-3)13-11-16)15-21(25)23(20)24(26)29-5-2/h6-13,15,20,23H,4-5,14H2,1-3H3/t20-,23+/m1/s1. The lowest BCUT2D eigenvalue weighted by molar-refractivity contribution is -0.151. The number of ether oxygens (including phenoxy) is 3. The van der Waals surface area contributed by atoms with Crippen molar-refractivity contribution in [1.82, 2.24) is 0 Å². The van der Waals surface area contributed by atoms with E-state index >= 15 is 0 Å². The molecule has 0 fully saturated rings. The van der Waals surface area contributed by atoms with Crippen molar-refractivity contribution in [1.29, 1.82) is 0 Å². The van der Waals surface area contributed by atoms with Crippen LogP contribution in [-0.4, -0.2) is 32.1 Å². The van der Waals surface area contributed by atoms with Crippen molar-refractivity contribution in [3.8, 4) is 11.5 Å². The molecule has 2 aromatic carbocycles. The summed E-state index contributed by atoms with van der Waals surface area (Å²) in [5.74, 6) is -0.516. The molecule has 0 heterocycles. The molecule has 0 aromatic heterocycles. The largest absolute Gasteiger partial charge is 0.497 e. The molecule has 0 saturated heterocycles. The van der Waals surface area contributed by atoms with Gasteiger partial charge in [0.05, 0.1) is 20.3 Å². The second kappa shape index (κ2) is 9.41. The third kappa shape index (κ3) is 4.50. The number of rotatable bonds is 7. The molecule has 2 aromatic rings. The Morgan fingerprint density at radius 3 is 2.41 bits per heavy atom. The molecule has 1 aliphatic carbocycles. The van der Waals surface area contributed by atoms with Gasteiger partial charge < -0.3 is 14.2 Å². The van der Waals surface area contributed by atoms with Crippen molar-refractivity contribution in [2.45, 2.75) is 26.2 Å². The van der Waals surface area contributed by atoms with Gasteiger partial charge in [-0.05, 0) is 61.2 Å². The Bertz CT molecular complexity index is 898. The van der Waals surface area contributed by atoms with E-state index in [1.165, 1.54) is 0 Å². The molecular formula is C24H26O5. The molecule has 0 bridgehead atoms. The van der Waals surface area contributed by atoms with Gasteiger partial charge in [0.1, 0.15) is 17.4 Å². The molecule has 1 aliphatic rings. The van der Waals surface area contributed by atoms with E-state index < -0.39 is 11.9 Å². The molecule has 0 N–H and O–H groups in total. The lowest BCUT2D eigenvalue weighted by Gasteiger charge is -2.30. The quantitative estimate of drug-likeness (QED) is 0.514. The van der Waals surface area contributed by atoms with E-state index in [-0.39, 0.29) is 18.3 Å². The Labute approximate surface area is 171 Å². The van der Waals surface area contributed by atoms with Crippen LogP contribution in [0.1, 0.15) is 37.3 Å². The highest BCUT2D eigenvalue weighted by Gasteiger charge is 2.40. The maximum absolute atomic E-state index is 13.0. The monoisotopic (exact) mass is 394 g/mol. The van der Waals surface area contributed by atoms with Crippen molar-refractivity contribution in [2.24, 2.45) is 5.92 Å². The summed E-state index contributed by atoms with van der Waals surface area (Å²) in [6, 6.07) is 15.2. The fraction of sp³-hybridized carbons (Fsp3) is 0.333. The van der Waals surface area contributed by atoms with E-state index in [0.717, 1.165) is 22.4 Å². The maximum atomic E-state index is 13.0. The minimum Gasteiger partial charge on any atom is -0.497 e. The number of hydrogen-bond donors (Lipinski definition) is 0. The van der Waals surface area contributed by atoms with Gasteiger partial charge in [0, 0.05) is 5.92 Å². The molecule has 29 heavy (non-hydrogen) atoms. The van der Waals surface area contributed by atoms with E-state index in [4.69, 9.17) is 14.2 Å². The minimum absolute atomic E-state index is 0.234. The smallest absolute Gasteiger partial charge is 0.317 e. The number of carbonyl (C=O) groups excluding carboxylic acids is 2. The van der Waals surface area contributed by atoms with E-state index in [1.54, 1.807) is 20.1 Å². The van der Waals surface area contributed by atoms with Gasteiger partial charge in [-0.3, -0.25) is 9.59 Å². The first-order valence-corrected chi connectivity index (χ1v) is 9.86. The summed E-state index contributed by atoms with van der Waals surface area (Å²) in [7, 11) is 1.61. The Morgan fingerprint density at radius 2 is 1.76 bits per heavy atom. The zero-order valence-electron chi connectivity index (χ0n) is 17.0. The van der Waals surface area contributed by atoms with Crippen LogP contribution < -0.4 is 9.47 Å². The molecule has 0 radical (unpaired) electrons. The Kier molecular flexibility index (Phi) is 6.70. The second-order valence-corrected chi connectivity index (χ2v) is 6.81. The lowest BCUT2D eigenvalue weighted by Crippen LogP contribution is -2.34. The van der Waals surface area contributed by atoms with Gasteiger partial charge in [-0.25, -0.2) is 0 Å². The summed E-state index contributed by atoms with van der Waals surface area (Å²) in [6.45, 7) is 4.39. The topological polar surface area (TPSA) is 61.8 Å². The summed E-state index contributed by atoms with van der Waals surface area (Å²) in [6.07, 6.45) is 2.11. The first-order chi connectivity index (χ1) is 14.1. The van der Waals surface area contributed by atoms with E-state index in [9.17, 15) is 9.59 Å². The average molecular weight is 394 g/mol. The number of ketones is 1. The summed E-state index contributed by atoms with van der Waals surface area (Å²) in [4.78, 5) is 25.7. The van der Waals surface area contributed by atoms with Crippen molar-refractivity contribution in [2.75, 3.05) is 20.3 Å². The van der Waals surface area contributed by atoms with E-state index in [1.807, 2.05) is 55.5 Å². The summed E-state index contributed by atoms with van der Waals surface area (Å²) in [5.41, 5.74) is 2.66. The van der Waals surface area contributed by atoms with Crippen molar-refractivity contribution < 1.29 is 23.8 Å². The van der Waals surface area contributed by atoms with Crippen LogP contribution >= 0.6 is 0 Å². The van der Waals surface area contributed by atoms with Crippen LogP contribution in [0.5, 0.6) is 11.5 Å². The van der Waals surface area contributed by atoms with Crippen molar-refractivity contribution in [3.63, 3.8) is 0 Å². The van der Waals surface area contributed by atoms with Crippen LogP contribution in [0.15, 0.2) is 54.6 Å². The van der Waals surface area contributed by atoms with Crippen LogP contribution in [0.3, 0.4) is 0 Å². The van der Waals surface area contributed by atoms with Crippen LogP contribution in [-0.2, 0) is 14.3 Å². The Hall–Kier alpha value is -3.08. The van der Waals surface area contributed by atoms with Gasteiger partial charge in [-0.15, -0.1) is 0 Å². The molecule has 0 unspecified atom stereocenters. The van der Waals surface area contributed by atoms with E-state index in [2.05, 4.69) is 0 Å². The van der Waals surface area contributed by atoms with Gasteiger partial charge in [-0.2, -0.15) is 0 Å². The van der Waals surface area contributed by atoms with Crippen LogP contribution in [0.25, 0.3) is 5.57 Å². The molecule has 0 saturated carbocycles. The molecule has 3 rings (SSSR count). The molecule has 5 nitrogen and oxygen atoms in total. The normalized spacial score (nSPS) is 18.7. The lowest BCUT2D eigenvalue weighted by atomic mass is 9.73.